The first-order chi connectivity index (χ1) is 14.1. The Kier molecular flexibility index (Phi) is 8.43. The summed E-state index contributed by atoms with van der Waals surface area (Å²) in [5.41, 5.74) is -0.160. The monoisotopic (exact) mass is 443 g/mol. The van der Waals surface area contributed by atoms with Gasteiger partial charge >= 0.3 is 12.1 Å². The van der Waals surface area contributed by atoms with Crippen LogP contribution in [0.3, 0.4) is 0 Å². The number of hydrogen-bond donors (Lipinski definition) is 1. The van der Waals surface area contributed by atoms with Gasteiger partial charge < -0.3 is 4.74 Å². The Balaban J connectivity index is 2.09. The van der Waals surface area contributed by atoms with E-state index in [2.05, 4.69) is 9.46 Å². The molecule has 0 aliphatic carbocycles. The zero-order valence-corrected chi connectivity index (χ0v) is 17.3. The number of halogens is 3. The number of nitrogens with one attached hydrogen (secondary N) is 1. The summed E-state index contributed by atoms with van der Waals surface area (Å²) in [6, 6.07) is 11.8. The Labute approximate surface area is 174 Å². The zero-order chi connectivity index (χ0) is 22.2. The highest BCUT2D eigenvalue weighted by Crippen LogP contribution is 2.30. The van der Waals surface area contributed by atoms with Gasteiger partial charge in [-0.3, -0.25) is 4.79 Å². The molecule has 0 aliphatic rings. The van der Waals surface area contributed by atoms with Gasteiger partial charge in [-0.15, -0.1) is 0 Å². The number of methoxy groups -OCH3 is 1. The molecule has 0 saturated carbocycles. The predicted octanol–water partition coefficient (Wildman–Crippen LogP) is 4.85. The molecule has 0 aromatic heterocycles. The van der Waals surface area contributed by atoms with Gasteiger partial charge in [0.2, 0.25) is 10.0 Å². The van der Waals surface area contributed by atoms with Crippen molar-refractivity contribution in [2.45, 2.75) is 49.2 Å². The van der Waals surface area contributed by atoms with E-state index in [1.807, 2.05) is 0 Å². The lowest BCUT2D eigenvalue weighted by atomic mass is 10.0. The molecule has 2 aromatic rings. The van der Waals surface area contributed by atoms with Gasteiger partial charge in [-0.1, -0.05) is 43.2 Å². The summed E-state index contributed by atoms with van der Waals surface area (Å²) in [4.78, 5) is 10.9. The molecule has 0 aliphatic heterocycles. The first-order valence-electron chi connectivity index (χ1n) is 9.45. The fourth-order valence-corrected chi connectivity index (χ4v) is 4.21. The van der Waals surface area contributed by atoms with Crippen LogP contribution in [0.25, 0.3) is 0 Å². The molecule has 0 saturated heterocycles. The van der Waals surface area contributed by atoms with E-state index >= 15 is 0 Å². The maximum absolute atomic E-state index is 12.7. The quantitative estimate of drug-likeness (QED) is 0.421. The van der Waals surface area contributed by atoms with E-state index in [4.69, 9.17) is 0 Å². The van der Waals surface area contributed by atoms with Gasteiger partial charge in [0, 0.05) is 12.5 Å². The number of benzene rings is 2. The van der Waals surface area contributed by atoms with Gasteiger partial charge in [0.25, 0.3) is 0 Å². The second-order valence-corrected chi connectivity index (χ2v) is 8.50. The van der Waals surface area contributed by atoms with Gasteiger partial charge in [0.05, 0.1) is 17.6 Å². The molecule has 0 radical (unpaired) electrons. The van der Waals surface area contributed by atoms with E-state index in [0.29, 0.717) is 32.1 Å². The first-order valence-corrected chi connectivity index (χ1v) is 10.9. The van der Waals surface area contributed by atoms with Crippen LogP contribution in [0, 0.1) is 0 Å². The number of carbonyl (C=O) groups is 1. The summed E-state index contributed by atoms with van der Waals surface area (Å²) < 4.78 is 70.9. The molecule has 2 aromatic carbocycles. The lowest BCUT2D eigenvalue weighted by molar-refractivity contribution is -0.140. The number of sulfonamides is 1. The van der Waals surface area contributed by atoms with Crippen molar-refractivity contribution in [1.29, 1.82) is 0 Å². The number of carbonyl (C=O) groups excluding carboxylic acids is 1. The Hall–Kier alpha value is -2.39. The largest absolute Gasteiger partial charge is 0.469 e. The average molecular weight is 443 g/mol. The van der Waals surface area contributed by atoms with E-state index in [1.165, 1.54) is 7.11 Å². The van der Waals surface area contributed by atoms with Crippen molar-refractivity contribution in [2.24, 2.45) is 0 Å². The molecule has 164 valence electrons. The second-order valence-electron chi connectivity index (χ2n) is 6.78. The van der Waals surface area contributed by atoms with Crippen molar-refractivity contribution >= 4 is 16.0 Å². The standard InChI is InChI=1S/C21H24F3NO4S/c1-29-20(26)11-7-3-6-10-19(16-8-4-2-5-9-16)25-30(27,28)18-14-12-17(13-15-18)21(22,23)24/h2,4-5,8-9,12-15,19,25H,3,6-7,10-11H2,1H3. The van der Waals surface area contributed by atoms with Crippen LogP contribution < -0.4 is 4.72 Å². The third-order valence-electron chi connectivity index (χ3n) is 4.59. The number of rotatable bonds is 10. The van der Waals surface area contributed by atoms with Crippen LogP contribution >= 0.6 is 0 Å². The third-order valence-corrected chi connectivity index (χ3v) is 6.08. The maximum Gasteiger partial charge on any atom is 0.416 e. The highest BCUT2D eigenvalue weighted by atomic mass is 32.2. The molecular weight excluding hydrogens is 419 g/mol. The summed E-state index contributed by atoms with van der Waals surface area (Å²) in [7, 11) is -2.70. The topological polar surface area (TPSA) is 72.5 Å². The minimum atomic E-state index is -4.54. The van der Waals surface area contributed by atoms with Gasteiger partial charge in [-0.2, -0.15) is 13.2 Å². The SMILES string of the molecule is COC(=O)CCCCCC(NS(=O)(=O)c1ccc(C(F)(F)F)cc1)c1ccccc1. The molecule has 0 fully saturated rings. The van der Waals surface area contributed by atoms with Gasteiger partial charge in [0.15, 0.2) is 0 Å². The number of ether oxygens (including phenoxy) is 1. The second kappa shape index (κ2) is 10.6. The Morgan fingerprint density at radius 1 is 1.00 bits per heavy atom. The molecule has 30 heavy (non-hydrogen) atoms. The summed E-state index contributed by atoms with van der Waals surface area (Å²) >= 11 is 0. The van der Waals surface area contributed by atoms with Crippen LogP contribution in [0.4, 0.5) is 13.2 Å². The Morgan fingerprint density at radius 3 is 2.20 bits per heavy atom. The summed E-state index contributed by atoms with van der Waals surface area (Å²) in [6.07, 6.45) is -1.77. The Bertz CT molecular complexity index is 914. The van der Waals surface area contributed by atoms with E-state index < -0.39 is 27.8 Å². The molecule has 9 heteroatoms. The highest BCUT2D eigenvalue weighted by Gasteiger charge is 2.31. The minimum Gasteiger partial charge on any atom is -0.469 e. The van der Waals surface area contributed by atoms with E-state index in [-0.39, 0.29) is 10.9 Å². The van der Waals surface area contributed by atoms with Gasteiger partial charge in [-0.05, 0) is 42.7 Å². The van der Waals surface area contributed by atoms with E-state index in [0.717, 1.165) is 29.8 Å². The van der Waals surface area contributed by atoms with Crippen molar-refractivity contribution in [3.05, 3.63) is 65.7 Å². The summed E-state index contributed by atoms with van der Waals surface area (Å²) in [6.45, 7) is 0. The summed E-state index contributed by atoms with van der Waals surface area (Å²) in [5.74, 6) is -0.294. The van der Waals surface area contributed by atoms with Crippen molar-refractivity contribution in [1.82, 2.24) is 4.72 Å². The molecule has 1 N–H and O–H groups in total. The molecule has 5 nitrogen and oxygen atoms in total. The fraction of sp³-hybridized carbons (Fsp3) is 0.381. The number of hydrogen-bond acceptors (Lipinski definition) is 4. The van der Waals surface area contributed by atoms with Crippen LogP contribution in [0.5, 0.6) is 0 Å². The number of esters is 1. The first kappa shape index (κ1) is 23.9. The molecule has 1 atom stereocenters. The van der Waals surface area contributed by atoms with E-state index in [1.54, 1.807) is 30.3 Å². The molecule has 0 spiro atoms. The smallest absolute Gasteiger partial charge is 0.416 e. The average Bonchev–Trinajstić information content (AvgIpc) is 2.72. The maximum atomic E-state index is 12.7. The lowest BCUT2D eigenvalue weighted by Gasteiger charge is -2.19. The predicted molar refractivity (Wildman–Crippen MR) is 106 cm³/mol. The summed E-state index contributed by atoms with van der Waals surface area (Å²) in [5, 5.41) is 0. The molecule has 2 rings (SSSR count). The van der Waals surface area contributed by atoms with Crippen molar-refractivity contribution < 1.29 is 31.1 Å². The molecule has 0 heterocycles. The van der Waals surface area contributed by atoms with Crippen LogP contribution in [0.2, 0.25) is 0 Å². The Morgan fingerprint density at radius 2 is 1.63 bits per heavy atom. The van der Waals surface area contributed by atoms with Crippen molar-refractivity contribution in [3.63, 3.8) is 0 Å². The van der Waals surface area contributed by atoms with Crippen molar-refractivity contribution in [3.8, 4) is 0 Å². The third kappa shape index (κ3) is 7.14. The van der Waals surface area contributed by atoms with Crippen LogP contribution in [0.15, 0.2) is 59.5 Å². The lowest BCUT2D eigenvalue weighted by Crippen LogP contribution is -2.28. The van der Waals surface area contributed by atoms with Gasteiger partial charge in [-0.25, -0.2) is 13.1 Å². The highest BCUT2D eigenvalue weighted by molar-refractivity contribution is 7.89. The molecule has 0 amide bonds. The molecular formula is C21H24F3NO4S. The normalized spacial score (nSPS) is 13.1. The number of unbranched alkanes of at least 4 members (excludes halogenated alkanes) is 2. The minimum absolute atomic E-state index is 0.234. The zero-order valence-electron chi connectivity index (χ0n) is 16.5. The van der Waals surface area contributed by atoms with Crippen LogP contribution in [0.1, 0.15) is 49.3 Å². The van der Waals surface area contributed by atoms with E-state index in [9.17, 15) is 26.4 Å². The number of alkyl halides is 3. The van der Waals surface area contributed by atoms with Crippen LogP contribution in [-0.2, 0) is 25.7 Å². The van der Waals surface area contributed by atoms with Crippen molar-refractivity contribution in [2.75, 3.05) is 7.11 Å². The fourth-order valence-electron chi connectivity index (χ4n) is 2.95. The van der Waals surface area contributed by atoms with Gasteiger partial charge in [0.1, 0.15) is 0 Å². The van der Waals surface area contributed by atoms with Crippen LogP contribution in [-0.4, -0.2) is 21.5 Å². The molecule has 0 bridgehead atoms. The molecule has 1 unspecified atom stereocenters.